The molecule has 0 aliphatic rings. The fourth-order valence-corrected chi connectivity index (χ4v) is 2.66. The number of amides is 4. The quantitative estimate of drug-likeness (QED) is 0.0877. The van der Waals surface area contributed by atoms with E-state index < -0.39 is 72.7 Å². The lowest BCUT2D eigenvalue weighted by Crippen LogP contribution is -2.51. The van der Waals surface area contributed by atoms with Crippen LogP contribution >= 0.6 is 0 Å². The molecule has 4 amide bonds. The van der Waals surface area contributed by atoms with Gasteiger partial charge < -0.3 is 47.0 Å². The number of rotatable bonds is 18. The first kappa shape index (κ1) is 31.0. The number of urea groups is 1. The van der Waals surface area contributed by atoms with Gasteiger partial charge in [-0.15, -0.1) is 0 Å². The maximum atomic E-state index is 11.9. The van der Waals surface area contributed by atoms with Crippen molar-refractivity contribution in [2.75, 3.05) is 20.1 Å². The van der Waals surface area contributed by atoms with E-state index >= 15 is 0 Å². The van der Waals surface area contributed by atoms with E-state index in [2.05, 4.69) is 16.0 Å². The fraction of sp³-hybridized carbons (Fsp3) is 0.632. The summed E-state index contributed by atoms with van der Waals surface area (Å²) in [5.74, 6) is -6.31. The van der Waals surface area contributed by atoms with Gasteiger partial charge in [0.05, 0.1) is 0 Å². The number of nitrogens with one attached hydrogen (secondary N) is 5. The zero-order valence-corrected chi connectivity index (χ0v) is 19.0. The molecular formula is C19H31N5O11. The zero-order valence-electron chi connectivity index (χ0n) is 19.0. The van der Waals surface area contributed by atoms with E-state index in [1.54, 1.807) is 0 Å². The van der Waals surface area contributed by atoms with Crippen LogP contribution in [0.1, 0.15) is 38.5 Å². The topological polar surface area (TPSA) is 261 Å². The predicted molar refractivity (Wildman–Crippen MR) is 116 cm³/mol. The standard InChI is InChI=1S/C19H31N5O11/c1-20-10(16(29)30)2-5-13(25)21-8-9-22-14(26)6-3-11(17(31)32)23-19(35)24-12(18(33)34)4-7-15(27)28/h10-12,20H,2-9H2,1H3,(H,21,25)(H,22,26)(H,27,28)(H,29,30)(H,31,32)(H,33,34)(H2,23,24,35). The first-order valence-corrected chi connectivity index (χ1v) is 10.5. The Kier molecular flexibility index (Phi) is 14.8. The Morgan fingerprint density at radius 1 is 0.600 bits per heavy atom. The SMILES string of the molecule is CNC(CCC(=O)NCCNC(=O)CCC(NC(=O)NC(CCC(=O)O)C(=O)O)C(=O)O)C(=O)O. The number of carboxylic acid groups (broad SMARTS) is 4. The molecule has 3 unspecified atom stereocenters. The Bertz CT molecular complexity index is 789. The van der Waals surface area contributed by atoms with Gasteiger partial charge in [-0.1, -0.05) is 0 Å². The Morgan fingerprint density at radius 3 is 1.31 bits per heavy atom. The molecule has 9 N–H and O–H groups in total. The molecule has 3 atom stereocenters. The van der Waals surface area contributed by atoms with Gasteiger partial charge in [-0.2, -0.15) is 0 Å². The van der Waals surface area contributed by atoms with Crippen LogP contribution in [-0.4, -0.2) is 100 Å². The summed E-state index contributed by atoms with van der Waals surface area (Å²) in [5.41, 5.74) is 0. The molecule has 198 valence electrons. The average Bonchev–Trinajstić information content (AvgIpc) is 2.76. The molecule has 0 aromatic heterocycles. The third-order valence-corrected chi connectivity index (χ3v) is 4.59. The molecule has 0 aromatic rings. The van der Waals surface area contributed by atoms with Crippen LogP contribution in [0.2, 0.25) is 0 Å². The summed E-state index contributed by atoms with van der Waals surface area (Å²) in [7, 11) is 1.46. The Labute approximate surface area is 199 Å². The Hall–Kier alpha value is -3.95. The van der Waals surface area contributed by atoms with Crippen molar-refractivity contribution in [3.8, 4) is 0 Å². The van der Waals surface area contributed by atoms with Crippen LogP contribution in [0.15, 0.2) is 0 Å². The van der Waals surface area contributed by atoms with Crippen LogP contribution in [0, 0.1) is 0 Å². The second-order valence-corrected chi connectivity index (χ2v) is 7.29. The number of hydrogen-bond acceptors (Lipinski definition) is 8. The molecule has 16 heteroatoms. The van der Waals surface area contributed by atoms with Gasteiger partial charge in [-0.25, -0.2) is 14.4 Å². The van der Waals surface area contributed by atoms with E-state index in [1.807, 2.05) is 10.6 Å². The van der Waals surface area contributed by atoms with Gasteiger partial charge in [0.15, 0.2) is 0 Å². The normalized spacial score (nSPS) is 12.9. The smallest absolute Gasteiger partial charge is 0.326 e. The van der Waals surface area contributed by atoms with Gasteiger partial charge >= 0.3 is 29.9 Å². The van der Waals surface area contributed by atoms with Gasteiger partial charge in [0.25, 0.3) is 0 Å². The highest BCUT2D eigenvalue weighted by Gasteiger charge is 2.25. The van der Waals surface area contributed by atoms with Gasteiger partial charge in [0.2, 0.25) is 11.8 Å². The van der Waals surface area contributed by atoms with Crippen molar-refractivity contribution in [2.24, 2.45) is 0 Å². The van der Waals surface area contributed by atoms with Crippen molar-refractivity contribution in [1.82, 2.24) is 26.6 Å². The number of aliphatic carboxylic acids is 4. The van der Waals surface area contributed by atoms with E-state index in [-0.39, 0.29) is 38.8 Å². The van der Waals surface area contributed by atoms with Gasteiger partial charge in [0.1, 0.15) is 18.1 Å². The molecule has 0 saturated carbocycles. The van der Waals surface area contributed by atoms with E-state index in [9.17, 15) is 38.7 Å². The van der Waals surface area contributed by atoms with Crippen LogP contribution in [0.3, 0.4) is 0 Å². The summed E-state index contributed by atoms with van der Waals surface area (Å²) in [6.45, 7) is 0.0757. The largest absolute Gasteiger partial charge is 0.481 e. The first-order valence-electron chi connectivity index (χ1n) is 10.5. The molecule has 0 bridgehead atoms. The van der Waals surface area contributed by atoms with E-state index in [0.29, 0.717) is 0 Å². The zero-order chi connectivity index (χ0) is 27.0. The first-order chi connectivity index (χ1) is 16.4. The molecule has 0 heterocycles. The monoisotopic (exact) mass is 505 g/mol. The molecule has 0 saturated heterocycles. The van der Waals surface area contributed by atoms with Crippen molar-refractivity contribution in [1.29, 1.82) is 0 Å². The van der Waals surface area contributed by atoms with Crippen LogP contribution in [0.5, 0.6) is 0 Å². The lowest BCUT2D eigenvalue weighted by atomic mass is 10.1. The molecule has 0 aliphatic heterocycles. The van der Waals surface area contributed by atoms with E-state index in [1.165, 1.54) is 7.05 Å². The molecule has 0 aromatic carbocycles. The molecule has 16 nitrogen and oxygen atoms in total. The summed E-state index contributed by atoms with van der Waals surface area (Å²) in [4.78, 5) is 79.4. The third-order valence-electron chi connectivity index (χ3n) is 4.59. The predicted octanol–water partition coefficient (Wildman–Crippen LogP) is -2.48. The van der Waals surface area contributed by atoms with Crippen LogP contribution < -0.4 is 26.6 Å². The molecule has 0 aliphatic carbocycles. The molecule has 0 spiro atoms. The summed E-state index contributed by atoms with van der Waals surface area (Å²) < 4.78 is 0. The summed E-state index contributed by atoms with van der Waals surface area (Å²) in [5, 5.41) is 47.2. The minimum Gasteiger partial charge on any atom is -0.481 e. The van der Waals surface area contributed by atoms with Crippen LogP contribution in [0.4, 0.5) is 4.79 Å². The van der Waals surface area contributed by atoms with Gasteiger partial charge in [-0.3, -0.25) is 19.2 Å². The van der Waals surface area contributed by atoms with E-state index in [0.717, 1.165) is 0 Å². The minimum absolute atomic E-state index is 0.0223. The van der Waals surface area contributed by atoms with Crippen molar-refractivity contribution in [2.45, 2.75) is 56.7 Å². The lowest BCUT2D eigenvalue weighted by Gasteiger charge is -2.18. The number of hydrogen-bond donors (Lipinski definition) is 9. The van der Waals surface area contributed by atoms with Gasteiger partial charge in [0, 0.05) is 32.4 Å². The molecule has 35 heavy (non-hydrogen) atoms. The highest BCUT2D eigenvalue weighted by atomic mass is 16.4. The second-order valence-electron chi connectivity index (χ2n) is 7.29. The minimum atomic E-state index is -1.55. The summed E-state index contributed by atoms with van der Waals surface area (Å²) in [6, 6.07) is -5.09. The molecule has 0 fully saturated rings. The van der Waals surface area contributed by atoms with E-state index in [4.69, 9.17) is 15.3 Å². The highest BCUT2D eigenvalue weighted by Crippen LogP contribution is 2.01. The average molecular weight is 505 g/mol. The summed E-state index contributed by atoms with van der Waals surface area (Å²) >= 11 is 0. The number of carbonyl (C=O) groups is 7. The van der Waals surface area contributed by atoms with Crippen molar-refractivity contribution >= 4 is 41.7 Å². The van der Waals surface area contributed by atoms with Crippen molar-refractivity contribution in [3.05, 3.63) is 0 Å². The van der Waals surface area contributed by atoms with Crippen LogP contribution in [-0.2, 0) is 28.8 Å². The number of likely N-dealkylation sites (N-methyl/N-ethyl adjacent to an activating group) is 1. The Balaban J connectivity index is 4.37. The third kappa shape index (κ3) is 14.7. The lowest BCUT2D eigenvalue weighted by molar-refractivity contribution is -0.141. The van der Waals surface area contributed by atoms with Crippen molar-refractivity contribution in [3.63, 3.8) is 0 Å². The summed E-state index contributed by atoms with van der Waals surface area (Å²) in [6.07, 6.45) is -1.54. The Morgan fingerprint density at radius 2 is 0.971 bits per heavy atom. The van der Waals surface area contributed by atoms with Gasteiger partial charge in [-0.05, 0) is 26.3 Å². The van der Waals surface area contributed by atoms with Crippen molar-refractivity contribution < 1.29 is 54.0 Å². The molecular weight excluding hydrogens is 474 g/mol. The molecule has 0 rings (SSSR count). The maximum Gasteiger partial charge on any atom is 0.326 e. The van der Waals surface area contributed by atoms with Crippen LogP contribution in [0.25, 0.3) is 0 Å². The second kappa shape index (κ2) is 16.6. The number of carboxylic acids is 4. The fourth-order valence-electron chi connectivity index (χ4n) is 2.66. The highest BCUT2D eigenvalue weighted by molar-refractivity contribution is 5.87. The number of carbonyl (C=O) groups excluding carboxylic acids is 3. The molecule has 0 radical (unpaired) electrons. The maximum absolute atomic E-state index is 11.9.